The van der Waals surface area contributed by atoms with Crippen LogP contribution in [0.3, 0.4) is 0 Å². The summed E-state index contributed by atoms with van der Waals surface area (Å²) < 4.78 is 0. The number of nitrogens with zero attached hydrogens (tertiary/aromatic N) is 1. The van der Waals surface area contributed by atoms with Crippen molar-refractivity contribution in [3.05, 3.63) is 11.1 Å². The molecule has 2 nitrogen and oxygen atoms in total. The van der Waals surface area contributed by atoms with Gasteiger partial charge in [-0.3, -0.25) is 0 Å². The number of hydrogen-bond donors (Lipinski definition) is 1. The van der Waals surface area contributed by atoms with Crippen LogP contribution >= 0.6 is 11.6 Å². The van der Waals surface area contributed by atoms with Gasteiger partial charge in [0.15, 0.2) is 0 Å². The minimum atomic E-state index is 0.515. The van der Waals surface area contributed by atoms with Crippen LogP contribution in [-0.2, 0) is 0 Å². The van der Waals surface area contributed by atoms with Gasteiger partial charge in [0.1, 0.15) is 0 Å². The van der Waals surface area contributed by atoms with Gasteiger partial charge in [0.2, 0.25) is 0 Å². The van der Waals surface area contributed by atoms with E-state index in [-0.39, 0.29) is 0 Å². The fourth-order valence-corrected chi connectivity index (χ4v) is 1.38. The molecule has 0 bridgehead atoms. The van der Waals surface area contributed by atoms with Crippen LogP contribution in [0, 0.1) is 0 Å². The summed E-state index contributed by atoms with van der Waals surface area (Å²) in [6.45, 7) is 12.8. The maximum Gasteiger partial charge on any atom is 0.0176 e. The highest BCUT2D eigenvalue weighted by molar-refractivity contribution is 6.25. The zero-order valence-corrected chi connectivity index (χ0v) is 10.6. The molecule has 0 saturated heterocycles. The SMILES string of the molecule is CCN(CC)CC(C)NCC(C)=CCl. The van der Waals surface area contributed by atoms with Gasteiger partial charge in [-0.1, -0.05) is 25.4 Å². The van der Waals surface area contributed by atoms with Gasteiger partial charge < -0.3 is 10.2 Å². The molecule has 0 aliphatic carbocycles. The lowest BCUT2D eigenvalue weighted by atomic mass is 10.2. The Labute approximate surface area is 93.3 Å². The second-order valence-corrected chi connectivity index (χ2v) is 3.94. The molecule has 3 heteroatoms. The van der Waals surface area contributed by atoms with Crippen LogP contribution in [0.1, 0.15) is 27.7 Å². The Hall–Kier alpha value is -0.0500. The van der Waals surface area contributed by atoms with E-state index in [1.165, 1.54) is 5.57 Å². The van der Waals surface area contributed by atoms with E-state index in [0.29, 0.717) is 6.04 Å². The van der Waals surface area contributed by atoms with E-state index in [4.69, 9.17) is 11.6 Å². The number of halogens is 1. The molecule has 0 aromatic rings. The summed E-state index contributed by atoms with van der Waals surface area (Å²) in [5.74, 6) is 0. The average molecular weight is 219 g/mol. The van der Waals surface area contributed by atoms with Crippen LogP contribution in [-0.4, -0.2) is 37.1 Å². The van der Waals surface area contributed by atoms with Crippen LogP contribution in [0.4, 0.5) is 0 Å². The third kappa shape index (κ3) is 6.41. The van der Waals surface area contributed by atoms with Gasteiger partial charge in [0.25, 0.3) is 0 Å². The second-order valence-electron chi connectivity index (χ2n) is 3.72. The Kier molecular flexibility index (Phi) is 8.24. The first-order valence-corrected chi connectivity index (χ1v) is 5.79. The topological polar surface area (TPSA) is 15.3 Å². The monoisotopic (exact) mass is 218 g/mol. The number of likely N-dealkylation sites (N-methyl/N-ethyl adjacent to an activating group) is 1. The lowest BCUT2D eigenvalue weighted by Crippen LogP contribution is -2.39. The Balaban J connectivity index is 3.68. The standard InChI is InChI=1S/C11H23ClN2/c1-5-14(6-2)9-11(4)13-8-10(3)7-12/h7,11,13H,5-6,8-9H2,1-4H3. The Bertz CT molecular complexity index is 165. The maximum absolute atomic E-state index is 5.58. The summed E-state index contributed by atoms with van der Waals surface area (Å²) in [5, 5.41) is 3.44. The minimum Gasteiger partial charge on any atom is -0.309 e. The van der Waals surface area contributed by atoms with Crippen molar-refractivity contribution in [1.82, 2.24) is 10.2 Å². The van der Waals surface area contributed by atoms with Gasteiger partial charge in [-0.05, 0) is 32.5 Å². The van der Waals surface area contributed by atoms with Crippen LogP contribution in [0.15, 0.2) is 11.1 Å². The molecular weight excluding hydrogens is 196 g/mol. The lowest BCUT2D eigenvalue weighted by Gasteiger charge is -2.23. The predicted molar refractivity (Wildman–Crippen MR) is 64.9 cm³/mol. The van der Waals surface area contributed by atoms with E-state index in [1.807, 2.05) is 6.92 Å². The van der Waals surface area contributed by atoms with Crippen molar-refractivity contribution in [3.8, 4) is 0 Å². The molecule has 1 N–H and O–H groups in total. The summed E-state index contributed by atoms with van der Waals surface area (Å²) in [5.41, 5.74) is 2.81. The molecule has 14 heavy (non-hydrogen) atoms. The Morgan fingerprint density at radius 2 is 2.00 bits per heavy atom. The quantitative estimate of drug-likeness (QED) is 0.706. The summed E-state index contributed by atoms with van der Waals surface area (Å²) in [4.78, 5) is 2.41. The second kappa shape index (κ2) is 8.27. The van der Waals surface area contributed by atoms with E-state index in [1.54, 1.807) is 5.54 Å². The van der Waals surface area contributed by atoms with Crippen molar-refractivity contribution in [1.29, 1.82) is 0 Å². The molecule has 0 aromatic carbocycles. The normalized spacial score (nSPS) is 14.9. The summed E-state index contributed by atoms with van der Waals surface area (Å²) >= 11 is 5.58. The molecule has 0 fully saturated rings. The minimum absolute atomic E-state index is 0.515. The molecular formula is C11H23ClN2. The molecule has 0 aliphatic rings. The van der Waals surface area contributed by atoms with Crippen molar-refractivity contribution in [2.45, 2.75) is 33.7 Å². The summed E-state index contributed by atoms with van der Waals surface area (Å²) in [6, 6.07) is 0.515. The third-order valence-corrected chi connectivity index (χ3v) is 2.71. The highest BCUT2D eigenvalue weighted by atomic mass is 35.5. The first kappa shape index (κ1) is 13.9. The van der Waals surface area contributed by atoms with Crippen LogP contribution in [0.25, 0.3) is 0 Å². The van der Waals surface area contributed by atoms with Gasteiger partial charge >= 0.3 is 0 Å². The molecule has 0 aliphatic heterocycles. The fraction of sp³-hybridized carbons (Fsp3) is 0.818. The summed E-state index contributed by atoms with van der Waals surface area (Å²) in [6.07, 6.45) is 0. The molecule has 0 spiro atoms. The first-order valence-electron chi connectivity index (χ1n) is 5.35. The fourth-order valence-electron chi connectivity index (χ4n) is 1.31. The van der Waals surface area contributed by atoms with E-state index >= 15 is 0 Å². The molecule has 0 rings (SSSR count). The average Bonchev–Trinajstić information content (AvgIpc) is 2.22. The lowest BCUT2D eigenvalue weighted by molar-refractivity contribution is 0.273. The molecule has 0 heterocycles. The highest BCUT2D eigenvalue weighted by Crippen LogP contribution is 1.95. The van der Waals surface area contributed by atoms with Gasteiger partial charge in [-0.25, -0.2) is 0 Å². The van der Waals surface area contributed by atoms with Crippen molar-refractivity contribution in [2.75, 3.05) is 26.2 Å². The molecule has 1 atom stereocenters. The predicted octanol–water partition coefficient (Wildman–Crippen LogP) is 2.45. The van der Waals surface area contributed by atoms with Gasteiger partial charge in [0.05, 0.1) is 0 Å². The molecule has 0 radical (unpaired) electrons. The molecule has 0 amide bonds. The van der Waals surface area contributed by atoms with Gasteiger partial charge in [-0.2, -0.15) is 0 Å². The van der Waals surface area contributed by atoms with Gasteiger partial charge in [-0.15, -0.1) is 0 Å². The zero-order chi connectivity index (χ0) is 11.0. The largest absolute Gasteiger partial charge is 0.309 e. The smallest absolute Gasteiger partial charge is 0.0176 e. The van der Waals surface area contributed by atoms with Gasteiger partial charge in [0, 0.05) is 24.7 Å². The van der Waals surface area contributed by atoms with Crippen LogP contribution in [0.2, 0.25) is 0 Å². The number of nitrogens with one attached hydrogen (secondary N) is 1. The zero-order valence-electron chi connectivity index (χ0n) is 9.81. The number of rotatable bonds is 7. The van der Waals surface area contributed by atoms with Crippen molar-refractivity contribution < 1.29 is 0 Å². The Morgan fingerprint density at radius 3 is 2.43 bits per heavy atom. The number of hydrogen-bond acceptors (Lipinski definition) is 2. The van der Waals surface area contributed by atoms with E-state index in [2.05, 4.69) is 31.0 Å². The van der Waals surface area contributed by atoms with Crippen molar-refractivity contribution >= 4 is 11.6 Å². The maximum atomic E-state index is 5.58. The van der Waals surface area contributed by atoms with E-state index < -0.39 is 0 Å². The third-order valence-electron chi connectivity index (χ3n) is 2.34. The molecule has 1 unspecified atom stereocenters. The van der Waals surface area contributed by atoms with Crippen molar-refractivity contribution in [3.63, 3.8) is 0 Å². The van der Waals surface area contributed by atoms with Crippen LogP contribution < -0.4 is 5.32 Å². The molecule has 0 aromatic heterocycles. The Morgan fingerprint density at radius 1 is 1.43 bits per heavy atom. The van der Waals surface area contributed by atoms with E-state index in [0.717, 1.165) is 26.2 Å². The first-order chi connectivity index (χ1) is 6.63. The molecule has 0 saturated carbocycles. The van der Waals surface area contributed by atoms with Crippen LogP contribution in [0.5, 0.6) is 0 Å². The highest BCUT2D eigenvalue weighted by Gasteiger charge is 2.05. The van der Waals surface area contributed by atoms with Crippen molar-refractivity contribution in [2.24, 2.45) is 0 Å². The molecule has 84 valence electrons. The van der Waals surface area contributed by atoms with E-state index in [9.17, 15) is 0 Å². The summed E-state index contributed by atoms with van der Waals surface area (Å²) in [7, 11) is 0.